The van der Waals surface area contributed by atoms with Gasteiger partial charge >= 0.3 is 0 Å². The molecule has 26 heavy (non-hydrogen) atoms. The third-order valence-corrected chi connectivity index (χ3v) is 4.63. The van der Waals surface area contributed by atoms with Crippen molar-refractivity contribution < 1.29 is 14.3 Å². The van der Waals surface area contributed by atoms with Crippen molar-refractivity contribution in [2.24, 2.45) is 0 Å². The van der Waals surface area contributed by atoms with Gasteiger partial charge < -0.3 is 20.1 Å². The molecule has 6 heteroatoms. The van der Waals surface area contributed by atoms with E-state index < -0.39 is 0 Å². The highest BCUT2D eigenvalue weighted by atomic mass is 35.5. The number of ether oxygens (including phenoxy) is 2. The van der Waals surface area contributed by atoms with Gasteiger partial charge in [0.1, 0.15) is 13.2 Å². The SMILES string of the molecule is C[C@H](NCC(=O)N[C@@H](C)c1ccc2c(c1)OCCO2)c1ccc(Cl)cc1. The van der Waals surface area contributed by atoms with E-state index in [-0.39, 0.29) is 24.5 Å². The lowest BCUT2D eigenvalue weighted by Gasteiger charge is -2.21. The lowest BCUT2D eigenvalue weighted by atomic mass is 10.1. The molecule has 0 unspecified atom stereocenters. The van der Waals surface area contributed by atoms with E-state index in [0.717, 1.165) is 22.6 Å². The minimum atomic E-state index is -0.119. The third kappa shape index (κ3) is 4.68. The van der Waals surface area contributed by atoms with Crippen molar-refractivity contribution in [2.45, 2.75) is 25.9 Å². The van der Waals surface area contributed by atoms with Crippen molar-refractivity contribution in [3.05, 3.63) is 58.6 Å². The minimum absolute atomic E-state index is 0.0580. The summed E-state index contributed by atoms with van der Waals surface area (Å²) in [4.78, 5) is 12.3. The number of nitrogens with one attached hydrogen (secondary N) is 2. The van der Waals surface area contributed by atoms with E-state index in [1.165, 1.54) is 0 Å². The van der Waals surface area contributed by atoms with Crippen LogP contribution in [0.2, 0.25) is 5.02 Å². The van der Waals surface area contributed by atoms with Crippen molar-refractivity contribution >= 4 is 17.5 Å². The topological polar surface area (TPSA) is 59.6 Å². The molecule has 0 spiro atoms. The predicted octanol–water partition coefficient (Wildman–Crippen LogP) is 3.64. The van der Waals surface area contributed by atoms with E-state index in [4.69, 9.17) is 21.1 Å². The first-order chi connectivity index (χ1) is 12.5. The molecule has 0 bridgehead atoms. The van der Waals surface area contributed by atoms with E-state index in [9.17, 15) is 4.79 Å². The summed E-state index contributed by atoms with van der Waals surface area (Å²) in [6, 6.07) is 13.3. The van der Waals surface area contributed by atoms with Crippen LogP contribution in [0.3, 0.4) is 0 Å². The predicted molar refractivity (Wildman–Crippen MR) is 102 cm³/mol. The highest BCUT2D eigenvalue weighted by molar-refractivity contribution is 6.30. The number of fused-ring (bicyclic) bond motifs is 1. The Hall–Kier alpha value is -2.24. The molecule has 3 rings (SSSR count). The molecule has 0 saturated carbocycles. The van der Waals surface area contributed by atoms with Crippen LogP contribution in [0.5, 0.6) is 11.5 Å². The molecular weight excluding hydrogens is 352 g/mol. The smallest absolute Gasteiger partial charge is 0.234 e. The van der Waals surface area contributed by atoms with Gasteiger partial charge in [-0.1, -0.05) is 29.8 Å². The van der Waals surface area contributed by atoms with Gasteiger partial charge in [0.15, 0.2) is 11.5 Å². The molecule has 138 valence electrons. The van der Waals surface area contributed by atoms with Gasteiger partial charge in [0, 0.05) is 11.1 Å². The van der Waals surface area contributed by atoms with Gasteiger partial charge in [-0.2, -0.15) is 0 Å². The summed E-state index contributed by atoms with van der Waals surface area (Å²) in [5, 5.41) is 6.93. The van der Waals surface area contributed by atoms with Crippen LogP contribution >= 0.6 is 11.6 Å². The Balaban J connectivity index is 1.52. The number of benzene rings is 2. The molecule has 0 saturated heterocycles. The number of hydrogen-bond acceptors (Lipinski definition) is 4. The molecule has 0 radical (unpaired) electrons. The Morgan fingerprint density at radius 1 is 1.00 bits per heavy atom. The van der Waals surface area contributed by atoms with Crippen molar-refractivity contribution in [1.29, 1.82) is 0 Å². The van der Waals surface area contributed by atoms with E-state index in [1.807, 2.05) is 56.3 Å². The summed E-state index contributed by atoms with van der Waals surface area (Å²) in [6.07, 6.45) is 0. The molecule has 2 atom stereocenters. The maximum absolute atomic E-state index is 12.3. The molecule has 2 aromatic carbocycles. The number of carbonyl (C=O) groups is 1. The number of hydrogen-bond donors (Lipinski definition) is 2. The molecule has 0 aromatic heterocycles. The zero-order valence-electron chi connectivity index (χ0n) is 14.9. The van der Waals surface area contributed by atoms with Gasteiger partial charge in [-0.3, -0.25) is 4.79 Å². The first-order valence-corrected chi connectivity index (χ1v) is 9.08. The summed E-state index contributed by atoms with van der Waals surface area (Å²) in [5.74, 6) is 1.41. The molecule has 1 aliphatic heterocycles. The zero-order chi connectivity index (χ0) is 18.5. The maximum atomic E-state index is 12.3. The molecule has 0 aliphatic carbocycles. The Bertz CT molecular complexity index is 764. The molecule has 1 amide bonds. The van der Waals surface area contributed by atoms with Crippen molar-refractivity contribution in [1.82, 2.24) is 10.6 Å². The first kappa shape index (κ1) is 18.5. The summed E-state index contributed by atoms with van der Waals surface area (Å²) < 4.78 is 11.1. The molecule has 2 N–H and O–H groups in total. The second-order valence-corrected chi connectivity index (χ2v) is 6.78. The second kappa shape index (κ2) is 8.43. The average Bonchev–Trinajstić information content (AvgIpc) is 2.66. The number of amides is 1. The second-order valence-electron chi connectivity index (χ2n) is 6.35. The fourth-order valence-corrected chi connectivity index (χ4v) is 2.95. The van der Waals surface area contributed by atoms with E-state index in [0.29, 0.717) is 18.2 Å². The van der Waals surface area contributed by atoms with Crippen molar-refractivity contribution in [3.63, 3.8) is 0 Å². The van der Waals surface area contributed by atoms with E-state index in [2.05, 4.69) is 10.6 Å². The van der Waals surface area contributed by atoms with Crippen LogP contribution in [-0.4, -0.2) is 25.7 Å². The number of rotatable bonds is 6. The highest BCUT2D eigenvalue weighted by Crippen LogP contribution is 2.32. The van der Waals surface area contributed by atoms with Crippen LogP contribution < -0.4 is 20.1 Å². The van der Waals surface area contributed by atoms with Gasteiger partial charge in [-0.05, 0) is 49.2 Å². The molecule has 5 nitrogen and oxygen atoms in total. The number of carbonyl (C=O) groups excluding carboxylic acids is 1. The maximum Gasteiger partial charge on any atom is 0.234 e. The lowest BCUT2D eigenvalue weighted by Crippen LogP contribution is -2.36. The van der Waals surface area contributed by atoms with Crippen LogP contribution in [0, 0.1) is 0 Å². The van der Waals surface area contributed by atoms with Gasteiger partial charge in [0.05, 0.1) is 12.6 Å². The summed E-state index contributed by atoms with van der Waals surface area (Å²) >= 11 is 5.90. The molecule has 1 heterocycles. The molecule has 1 aliphatic rings. The van der Waals surface area contributed by atoms with Gasteiger partial charge in [-0.15, -0.1) is 0 Å². The number of halogens is 1. The van der Waals surface area contributed by atoms with E-state index >= 15 is 0 Å². The first-order valence-electron chi connectivity index (χ1n) is 8.70. The lowest BCUT2D eigenvalue weighted by molar-refractivity contribution is -0.121. The standard InChI is InChI=1S/C20H23ClN2O3/c1-13(15-3-6-17(21)7-4-15)22-12-20(24)23-14(2)16-5-8-18-19(11-16)26-10-9-25-18/h3-8,11,13-14,22H,9-10,12H2,1-2H3,(H,23,24)/t13-,14-/m0/s1. The van der Waals surface area contributed by atoms with Gasteiger partial charge in [-0.25, -0.2) is 0 Å². The molecule has 2 aromatic rings. The van der Waals surface area contributed by atoms with E-state index in [1.54, 1.807) is 0 Å². The van der Waals surface area contributed by atoms with Crippen LogP contribution in [0.25, 0.3) is 0 Å². The van der Waals surface area contributed by atoms with Crippen molar-refractivity contribution in [2.75, 3.05) is 19.8 Å². The average molecular weight is 375 g/mol. The normalized spacial score (nSPS) is 15.2. The fraction of sp³-hybridized carbons (Fsp3) is 0.350. The quantitative estimate of drug-likeness (QED) is 0.810. The minimum Gasteiger partial charge on any atom is -0.486 e. The zero-order valence-corrected chi connectivity index (χ0v) is 15.7. The van der Waals surface area contributed by atoms with Crippen LogP contribution in [-0.2, 0) is 4.79 Å². The highest BCUT2D eigenvalue weighted by Gasteiger charge is 2.16. The van der Waals surface area contributed by atoms with Crippen LogP contribution in [0.4, 0.5) is 0 Å². The summed E-state index contributed by atoms with van der Waals surface area (Å²) in [5.41, 5.74) is 2.07. The summed E-state index contributed by atoms with van der Waals surface area (Å²) in [7, 11) is 0. The third-order valence-electron chi connectivity index (χ3n) is 4.38. The van der Waals surface area contributed by atoms with Crippen molar-refractivity contribution in [3.8, 4) is 11.5 Å². The monoisotopic (exact) mass is 374 g/mol. The summed E-state index contributed by atoms with van der Waals surface area (Å²) in [6.45, 7) is 5.31. The van der Waals surface area contributed by atoms with Crippen LogP contribution in [0.1, 0.15) is 37.1 Å². The largest absolute Gasteiger partial charge is 0.486 e. The Morgan fingerprint density at radius 2 is 1.65 bits per heavy atom. The fourth-order valence-electron chi connectivity index (χ4n) is 2.82. The van der Waals surface area contributed by atoms with Gasteiger partial charge in [0.2, 0.25) is 5.91 Å². The van der Waals surface area contributed by atoms with Crippen LogP contribution in [0.15, 0.2) is 42.5 Å². The Morgan fingerprint density at radius 3 is 2.38 bits per heavy atom. The molecule has 0 fully saturated rings. The van der Waals surface area contributed by atoms with Gasteiger partial charge in [0.25, 0.3) is 0 Å². The molecular formula is C20H23ClN2O3. The Kier molecular flexibility index (Phi) is 6.01. The Labute approximate surface area is 158 Å².